The van der Waals surface area contributed by atoms with Gasteiger partial charge in [0.05, 0.1) is 0 Å². The first-order valence-corrected chi connectivity index (χ1v) is 7.36. The molecule has 2 rings (SSSR count). The molecule has 110 valence electrons. The van der Waals surface area contributed by atoms with E-state index in [9.17, 15) is 4.79 Å². The van der Waals surface area contributed by atoms with E-state index in [-0.39, 0.29) is 6.09 Å². The highest BCUT2D eigenvalue weighted by atomic mass is 16.6. The van der Waals surface area contributed by atoms with E-state index in [1.807, 2.05) is 37.4 Å². The molecule has 0 aliphatic carbocycles. The normalized spacial score (nSPS) is 16.9. The predicted molar refractivity (Wildman–Crippen MR) is 79.5 cm³/mol. The van der Waals surface area contributed by atoms with Crippen LogP contribution in [0.15, 0.2) is 30.3 Å². The van der Waals surface area contributed by atoms with E-state index in [0.717, 1.165) is 38.0 Å². The van der Waals surface area contributed by atoms with E-state index >= 15 is 0 Å². The van der Waals surface area contributed by atoms with Gasteiger partial charge in [-0.15, -0.1) is 0 Å². The van der Waals surface area contributed by atoms with E-state index in [0.29, 0.717) is 12.6 Å². The van der Waals surface area contributed by atoms with E-state index in [2.05, 4.69) is 11.8 Å². The van der Waals surface area contributed by atoms with Crippen LogP contribution in [0.2, 0.25) is 0 Å². The van der Waals surface area contributed by atoms with Gasteiger partial charge in [0.2, 0.25) is 0 Å². The maximum atomic E-state index is 12.1. The number of hydrogen-bond donors (Lipinski definition) is 0. The summed E-state index contributed by atoms with van der Waals surface area (Å²) >= 11 is 0. The third-order valence-electron chi connectivity index (χ3n) is 4.05. The smallest absolute Gasteiger partial charge is 0.410 e. The Morgan fingerprint density at radius 2 is 1.95 bits per heavy atom. The monoisotopic (exact) mass is 276 g/mol. The van der Waals surface area contributed by atoms with Crippen molar-refractivity contribution >= 4 is 6.09 Å². The zero-order valence-corrected chi connectivity index (χ0v) is 12.4. The fraction of sp³-hybridized carbons (Fsp3) is 0.562. The number of rotatable bonds is 4. The molecule has 20 heavy (non-hydrogen) atoms. The van der Waals surface area contributed by atoms with Gasteiger partial charge in [-0.1, -0.05) is 37.3 Å². The van der Waals surface area contributed by atoms with Gasteiger partial charge in [0.1, 0.15) is 6.61 Å². The molecular formula is C16H24N2O2. The molecule has 0 unspecified atom stereocenters. The molecule has 1 aliphatic heterocycles. The van der Waals surface area contributed by atoms with Gasteiger partial charge < -0.3 is 14.5 Å². The first kappa shape index (κ1) is 14.9. The Morgan fingerprint density at radius 3 is 2.55 bits per heavy atom. The molecule has 0 radical (unpaired) electrons. The van der Waals surface area contributed by atoms with Crippen LogP contribution in [-0.4, -0.2) is 48.6 Å². The third-order valence-corrected chi connectivity index (χ3v) is 4.05. The molecule has 0 atom stereocenters. The summed E-state index contributed by atoms with van der Waals surface area (Å²) in [6.07, 6.45) is 1.85. The molecule has 1 aromatic rings. The quantitative estimate of drug-likeness (QED) is 0.847. The van der Waals surface area contributed by atoms with Crippen LogP contribution in [0, 0.1) is 0 Å². The number of amides is 1. The first-order valence-electron chi connectivity index (χ1n) is 7.36. The van der Waals surface area contributed by atoms with Gasteiger partial charge >= 0.3 is 6.09 Å². The van der Waals surface area contributed by atoms with Crippen LogP contribution >= 0.6 is 0 Å². The summed E-state index contributed by atoms with van der Waals surface area (Å²) in [5.41, 5.74) is 1.02. The highest BCUT2D eigenvalue weighted by molar-refractivity contribution is 5.67. The van der Waals surface area contributed by atoms with Crippen LogP contribution < -0.4 is 0 Å². The minimum absolute atomic E-state index is 0.219. The molecule has 1 aromatic carbocycles. The highest BCUT2D eigenvalue weighted by Crippen LogP contribution is 2.16. The van der Waals surface area contributed by atoms with Crippen molar-refractivity contribution in [3.63, 3.8) is 0 Å². The van der Waals surface area contributed by atoms with Gasteiger partial charge in [0.25, 0.3) is 0 Å². The van der Waals surface area contributed by atoms with Gasteiger partial charge in [-0.2, -0.15) is 0 Å². The largest absolute Gasteiger partial charge is 0.445 e. The van der Waals surface area contributed by atoms with E-state index in [4.69, 9.17) is 4.74 Å². The topological polar surface area (TPSA) is 32.8 Å². The van der Waals surface area contributed by atoms with Crippen LogP contribution in [0.25, 0.3) is 0 Å². The summed E-state index contributed by atoms with van der Waals surface area (Å²) in [6, 6.07) is 10.1. The fourth-order valence-corrected chi connectivity index (χ4v) is 2.59. The van der Waals surface area contributed by atoms with Gasteiger partial charge in [-0.05, 0) is 24.9 Å². The van der Waals surface area contributed by atoms with Crippen molar-refractivity contribution in [2.45, 2.75) is 32.4 Å². The van der Waals surface area contributed by atoms with E-state index in [1.54, 1.807) is 4.90 Å². The first-order chi connectivity index (χ1) is 9.70. The minimum atomic E-state index is -0.219. The summed E-state index contributed by atoms with van der Waals surface area (Å²) in [5.74, 6) is 0. The molecule has 1 aliphatic rings. The second-order valence-electron chi connectivity index (χ2n) is 5.32. The lowest BCUT2D eigenvalue weighted by atomic mass is 10.0. The highest BCUT2D eigenvalue weighted by Gasteiger charge is 2.25. The Bertz CT molecular complexity index is 414. The Kier molecular flexibility index (Phi) is 5.41. The molecule has 1 fully saturated rings. The Hall–Kier alpha value is -1.55. The molecule has 4 nitrogen and oxygen atoms in total. The predicted octanol–water partition coefficient (Wildman–Crippen LogP) is 2.74. The Morgan fingerprint density at radius 1 is 1.30 bits per heavy atom. The molecule has 0 aromatic heterocycles. The lowest BCUT2D eigenvalue weighted by Crippen LogP contribution is -2.45. The summed E-state index contributed by atoms with van der Waals surface area (Å²) in [5, 5.41) is 0. The number of nitrogens with zero attached hydrogens (tertiary/aromatic N) is 2. The number of ether oxygens (including phenoxy) is 1. The second-order valence-corrected chi connectivity index (χ2v) is 5.32. The van der Waals surface area contributed by atoms with Gasteiger partial charge in [-0.25, -0.2) is 4.79 Å². The number of benzene rings is 1. The standard InChI is InChI=1S/C16H24N2O2/c1-3-18-11-9-15(10-12-18)17(2)16(19)20-13-14-7-5-4-6-8-14/h4-8,15H,3,9-13H2,1-2H3. The van der Waals surface area contributed by atoms with Crippen molar-refractivity contribution in [1.82, 2.24) is 9.80 Å². The van der Waals surface area contributed by atoms with Crippen molar-refractivity contribution in [3.05, 3.63) is 35.9 Å². The van der Waals surface area contributed by atoms with Gasteiger partial charge in [0.15, 0.2) is 0 Å². The molecule has 0 bridgehead atoms. The Balaban J connectivity index is 1.77. The number of piperidine rings is 1. The number of carbonyl (C=O) groups excluding carboxylic acids is 1. The van der Waals surface area contributed by atoms with Gasteiger partial charge in [-0.3, -0.25) is 0 Å². The van der Waals surface area contributed by atoms with Crippen molar-refractivity contribution in [2.75, 3.05) is 26.7 Å². The molecule has 0 spiro atoms. The molecule has 1 amide bonds. The summed E-state index contributed by atoms with van der Waals surface area (Å²) in [7, 11) is 1.85. The summed E-state index contributed by atoms with van der Waals surface area (Å²) in [6.45, 7) is 5.75. The van der Waals surface area contributed by atoms with Crippen molar-refractivity contribution in [1.29, 1.82) is 0 Å². The summed E-state index contributed by atoms with van der Waals surface area (Å²) in [4.78, 5) is 16.2. The lowest BCUT2D eigenvalue weighted by Gasteiger charge is -2.35. The number of carbonyl (C=O) groups is 1. The molecule has 0 N–H and O–H groups in total. The maximum Gasteiger partial charge on any atom is 0.410 e. The van der Waals surface area contributed by atoms with Crippen LogP contribution in [0.4, 0.5) is 4.79 Å². The van der Waals surface area contributed by atoms with Crippen LogP contribution in [-0.2, 0) is 11.3 Å². The zero-order chi connectivity index (χ0) is 14.4. The Labute approximate surface area is 121 Å². The van der Waals surface area contributed by atoms with E-state index < -0.39 is 0 Å². The number of likely N-dealkylation sites (tertiary alicyclic amines) is 1. The maximum absolute atomic E-state index is 12.1. The summed E-state index contributed by atoms with van der Waals surface area (Å²) < 4.78 is 5.37. The molecule has 1 heterocycles. The fourth-order valence-electron chi connectivity index (χ4n) is 2.59. The third kappa shape index (κ3) is 3.97. The van der Waals surface area contributed by atoms with Gasteiger partial charge in [0, 0.05) is 26.2 Å². The minimum Gasteiger partial charge on any atom is -0.445 e. The number of hydrogen-bond acceptors (Lipinski definition) is 3. The zero-order valence-electron chi connectivity index (χ0n) is 12.4. The molecule has 4 heteroatoms. The van der Waals surface area contributed by atoms with Crippen molar-refractivity contribution < 1.29 is 9.53 Å². The average Bonchev–Trinajstić information content (AvgIpc) is 2.53. The van der Waals surface area contributed by atoms with Crippen LogP contribution in [0.3, 0.4) is 0 Å². The van der Waals surface area contributed by atoms with Crippen LogP contribution in [0.1, 0.15) is 25.3 Å². The average molecular weight is 276 g/mol. The van der Waals surface area contributed by atoms with Crippen LogP contribution in [0.5, 0.6) is 0 Å². The van der Waals surface area contributed by atoms with E-state index in [1.165, 1.54) is 0 Å². The molecule has 0 saturated carbocycles. The van der Waals surface area contributed by atoms with Crippen molar-refractivity contribution in [3.8, 4) is 0 Å². The SMILES string of the molecule is CCN1CCC(N(C)C(=O)OCc2ccccc2)CC1. The second kappa shape index (κ2) is 7.29. The lowest BCUT2D eigenvalue weighted by molar-refractivity contribution is 0.0733. The van der Waals surface area contributed by atoms with Crippen molar-refractivity contribution in [2.24, 2.45) is 0 Å². The molecule has 1 saturated heterocycles. The molecular weight excluding hydrogens is 252 g/mol.